The van der Waals surface area contributed by atoms with E-state index in [0.717, 1.165) is 10.0 Å². The van der Waals surface area contributed by atoms with Crippen molar-refractivity contribution in [1.29, 1.82) is 0 Å². The van der Waals surface area contributed by atoms with E-state index in [2.05, 4.69) is 22.5 Å². The summed E-state index contributed by atoms with van der Waals surface area (Å²) in [6.07, 6.45) is 1.48. The van der Waals surface area contributed by atoms with Crippen LogP contribution in [0.3, 0.4) is 0 Å². The maximum absolute atomic E-state index is 11.8. The van der Waals surface area contributed by atoms with Gasteiger partial charge in [-0.2, -0.15) is 0 Å². The van der Waals surface area contributed by atoms with Crippen molar-refractivity contribution in [2.75, 3.05) is 6.61 Å². The molecule has 0 bridgehead atoms. The van der Waals surface area contributed by atoms with Gasteiger partial charge in [-0.05, 0) is 29.8 Å². The van der Waals surface area contributed by atoms with E-state index in [-0.39, 0.29) is 22.2 Å². The van der Waals surface area contributed by atoms with Crippen LogP contribution >= 0.6 is 39.1 Å². The van der Waals surface area contributed by atoms with Gasteiger partial charge in [-0.3, -0.25) is 0 Å². The summed E-state index contributed by atoms with van der Waals surface area (Å²) in [5.74, 6) is -0.194. The van der Waals surface area contributed by atoms with E-state index in [1.165, 1.54) is 18.2 Å². The van der Waals surface area contributed by atoms with Crippen molar-refractivity contribution in [3.8, 4) is 5.75 Å². The van der Waals surface area contributed by atoms with Gasteiger partial charge in [0.25, 0.3) is 0 Å². The summed E-state index contributed by atoms with van der Waals surface area (Å²) < 4.78 is 11.6. The maximum Gasteiger partial charge on any atom is 0.338 e. The molecule has 0 saturated heterocycles. The minimum atomic E-state index is -0.521. The molecule has 0 aliphatic heterocycles. The highest BCUT2D eigenvalue weighted by Crippen LogP contribution is 2.35. The number of rotatable bonds is 6. The molecule has 0 aliphatic rings. The Kier molecular flexibility index (Phi) is 6.51. The van der Waals surface area contributed by atoms with E-state index in [1.807, 2.05) is 24.3 Å². The molecule has 2 aromatic rings. The lowest BCUT2D eigenvalue weighted by Crippen LogP contribution is -2.06. The van der Waals surface area contributed by atoms with E-state index < -0.39 is 5.97 Å². The van der Waals surface area contributed by atoms with Gasteiger partial charge in [0.2, 0.25) is 0 Å². The van der Waals surface area contributed by atoms with E-state index in [0.29, 0.717) is 12.4 Å². The van der Waals surface area contributed by atoms with E-state index in [9.17, 15) is 4.79 Å². The van der Waals surface area contributed by atoms with Crippen LogP contribution in [0.1, 0.15) is 15.9 Å². The summed E-state index contributed by atoms with van der Waals surface area (Å²) in [5, 5.41) is 0.496. The smallest absolute Gasteiger partial charge is 0.338 e. The molecule has 0 aromatic heterocycles. The summed E-state index contributed by atoms with van der Waals surface area (Å²) in [7, 11) is 0. The fourth-order valence-corrected chi connectivity index (χ4v) is 2.86. The molecule has 120 valence electrons. The van der Waals surface area contributed by atoms with Crippen LogP contribution in [0.4, 0.5) is 0 Å². The molecule has 2 aromatic carbocycles. The first-order valence-corrected chi connectivity index (χ1v) is 8.20. The summed E-state index contributed by atoms with van der Waals surface area (Å²) >= 11 is 15.7. The minimum Gasteiger partial charge on any atom is -0.486 e. The normalized spacial score (nSPS) is 10.2. The Labute approximate surface area is 152 Å². The average Bonchev–Trinajstić information content (AvgIpc) is 2.51. The van der Waals surface area contributed by atoms with Crippen molar-refractivity contribution < 1.29 is 14.3 Å². The summed E-state index contributed by atoms with van der Waals surface area (Å²) in [5.41, 5.74) is 1.22. The predicted molar refractivity (Wildman–Crippen MR) is 95.4 cm³/mol. The average molecular weight is 416 g/mol. The van der Waals surface area contributed by atoms with E-state index in [4.69, 9.17) is 32.7 Å². The Morgan fingerprint density at radius 1 is 1.22 bits per heavy atom. The molecular weight excluding hydrogens is 403 g/mol. The van der Waals surface area contributed by atoms with Gasteiger partial charge in [0.15, 0.2) is 5.75 Å². The molecule has 0 spiro atoms. The van der Waals surface area contributed by atoms with Gasteiger partial charge in [-0.25, -0.2) is 4.79 Å². The Bertz CT molecular complexity index is 709. The van der Waals surface area contributed by atoms with Crippen LogP contribution in [-0.4, -0.2) is 12.6 Å². The number of esters is 1. The van der Waals surface area contributed by atoms with E-state index in [1.54, 1.807) is 0 Å². The van der Waals surface area contributed by atoms with Crippen LogP contribution in [0.25, 0.3) is 0 Å². The number of carbonyl (C=O) groups excluding carboxylic acids is 1. The molecule has 0 aliphatic carbocycles. The standard InChI is InChI=1S/C17H13BrCl2O3/c1-2-6-22-17(21)12-8-14(19)16(15(20)9-12)23-10-11-4-3-5-13(18)7-11/h2-5,7-9H,1,6,10H2. The number of hydrogen-bond donors (Lipinski definition) is 0. The van der Waals surface area contributed by atoms with Gasteiger partial charge < -0.3 is 9.47 Å². The molecule has 0 atom stereocenters. The molecule has 0 N–H and O–H groups in total. The lowest BCUT2D eigenvalue weighted by atomic mass is 10.2. The van der Waals surface area contributed by atoms with Crippen molar-refractivity contribution in [3.63, 3.8) is 0 Å². The minimum absolute atomic E-state index is 0.120. The molecule has 6 heteroatoms. The highest BCUT2D eigenvalue weighted by Gasteiger charge is 2.15. The zero-order chi connectivity index (χ0) is 16.8. The van der Waals surface area contributed by atoms with Crippen LogP contribution < -0.4 is 4.74 Å². The first kappa shape index (κ1) is 17.9. The predicted octanol–water partition coefficient (Wildman–Crippen LogP) is 5.68. The van der Waals surface area contributed by atoms with Gasteiger partial charge in [0.1, 0.15) is 13.2 Å². The highest BCUT2D eigenvalue weighted by atomic mass is 79.9. The van der Waals surface area contributed by atoms with Crippen molar-refractivity contribution in [2.24, 2.45) is 0 Å². The second-order valence-corrected chi connectivity index (χ2v) is 6.30. The number of benzene rings is 2. The molecule has 0 amide bonds. The fraction of sp³-hybridized carbons (Fsp3) is 0.118. The molecular formula is C17H13BrCl2O3. The van der Waals surface area contributed by atoms with Crippen LogP contribution in [0.2, 0.25) is 10.0 Å². The number of ether oxygens (including phenoxy) is 2. The van der Waals surface area contributed by atoms with Crippen LogP contribution in [-0.2, 0) is 11.3 Å². The van der Waals surface area contributed by atoms with Crippen molar-refractivity contribution in [3.05, 3.63) is 74.7 Å². The molecule has 0 fully saturated rings. The third kappa shape index (κ3) is 4.99. The Balaban J connectivity index is 2.14. The van der Waals surface area contributed by atoms with Gasteiger partial charge >= 0.3 is 5.97 Å². The molecule has 0 radical (unpaired) electrons. The molecule has 0 unspecified atom stereocenters. The highest BCUT2D eigenvalue weighted by molar-refractivity contribution is 9.10. The lowest BCUT2D eigenvalue weighted by Gasteiger charge is -2.12. The number of carbonyl (C=O) groups is 1. The van der Waals surface area contributed by atoms with Gasteiger partial charge in [-0.15, -0.1) is 0 Å². The molecule has 23 heavy (non-hydrogen) atoms. The summed E-state index contributed by atoms with van der Waals surface area (Å²) in [6.45, 7) is 3.91. The second kappa shape index (κ2) is 8.39. The topological polar surface area (TPSA) is 35.5 Å². The number of halogens is 3. The summed E-state index contributed by atoms with van der Waals surface area (Å²) in [4.78, 5) is 11.8. The van der Waals surface area contributed by atoms with Gasteiger partial charge in [0, 0.05) is 4.47 Å². The van der Waals surface area contributed by atoms with Crippen molar-refractivity contribution in [2.45, 2.75) is 6.61 Å². The quantitative estimate of drug-likeness (QED) is 0.449. The Hall–Kier alpha value is -1.49. The Morgan fingerprint density at radius 3 is 2.52 bits per heavy atom. The van der Waals surface area contributed by atoms with Crippen LogP contribution in [0, 0.1) is 0 Å². The van der Waals surface area contributed by atoms with E-state index >= 15 is 0 Å². The third-order valence-electron chi connectivity index (χ3n) is 2.84. The molecule has 2 rings (SSSR count). The Morgan fingerprint density at radius 2 is 1.91 bits per heavy atom. The summed E-state index contributed by atoms with van der Waals surface area (Å²) in [6, 6.07) is 10.6. The monoisotopic (exact) mass is 414 g/mol. The zero-order valence-corrected chi connectivity index (χ0v) is 15.1. The first-order chi connectivity index (χ1) is 11.0. The maximum atomic E-state index is 11.8. The largest absolute Gasteiger partial charge is 0.486 e. The molecule has 0 saturated carbocycles. The van der Waals surface area contributed by atoms with Crippen molar-refractivity contribution in [1.82, 2.24) is 0 Å². The van der Waals surface area contributed by atoms with Crippen molar-refractivity contribution >= 4 is 45.1 Å². The zero-order valence-electron chi connectivity index (χ0n) is 12.0. The molecule has 3 nitrogen and oxygen atoms in total. The lowest BCUT2D eigenvalue weighted by molar-refractivity contribution is 0.0549. The second-order valence-electron chi connectivity index (χ2n) is 4.57. The van der Waals surface area contributed by atoms with Gasteiger partial charge in [-0.1, -0.05) is 63.9 Å². The van der Waals surface area contributed by atoms with Gasteiger partial charge in [0.05, 0.1) is 15.6 Å². The van der Waals surface area contributed by atoms with Crippen LogP contribution in [0.15, 0.2) is 53.5 Å². The first-order valence-electron chi connectivity index (χ1n) is 6.65. The SMILES string of the molecule is C=CCOC(=O)c1cc(Cl)c(OCc2cccc(Br)c2)c(Cl)c1. The number of hydrogen-bond acceptors (Lipinski definition) is 3. The van der Waals surface area contributed by atoms with Crippen LogP contribution in [0.5, 0.6) is 5.75 Å². The fourth-order valence-electron chi connectivity index (χ4n) is 1.82. The third-order valence-corrected chi connectivity index (χ3v) is 3.89. The molecule has 0 heterocycles.